The van der Waals surface area contributed by atoms with Crippen molar-refractivity contribution in [2.75, 3.05) is 5.73 Å². The van der Waals surface area contributed by atoms with Gasteiger partial charge in [-0.2, -0.15) is 0 Å². The highest BCUT2D eigenvalue weighted by Crippen LogP contribution is 2.20. The lowest BCUT2D eigenvalue weighted by Gasteiger charge is -2.07. The van der Waals surface area contributed by atoms with Crippen LogP contribution in [0.1, 0.15) is 21.5 Å². The first-order chi connectivity index (χ1) is 9.65. The average molecular weight is 262 g/mol. The van der Waals surface area contributed by atoms with E-state index in [9.17, 15) is 4.79 Å². The van der Waals surface area contributed by atoms with E-state index < -0.39 is 0 Å². The molecule has 1 heterocycles. The standard InChI is InChI=1S/C17H14N2O/c1-11-6-7-15(18)14(8-11)17(20)13-9-12-4-2-3-5-16(12)19-10-13/h2-10H,18H2,1H3. The molecule has 2 N–H and O–H groups in total. The fourth-order valence-corrected chi connectivity index (χ4v) is 2.22. The second kappa shape index (κ2) is 4.78. The molecule has 0 aliphatic heterocycles. The van der Waals surface area contributed by atoms with Crippen LogP contribution in [0.4, 0.5) is 5.69 Å². The van der Waals surface area contributed by atoms with E-state index in [4.69, 9.17) is 5.73 Å². The van der Waals surface area contributed by atoms with Gasteiger partial charge in [-0.1, -0.05) is 29.8 Å². The van der Waals surface area contributed by atoms with Crippen LogP contribution in [0, 0.1) is 6.92 Å². The minimum absolute atomic E-state index is 0.0931. The van der Waals surface area contributed by atoms with Gasteiger partial charge in [0.05, 0.1) is 5.52 Å². The summed E-state index contributed by atoms with van der Waals surface area (Å²) in [6.07, 6.45) is 1.60. The first kappa shape index (κ1) is 12.4. The summed E-state index contributed by atoms with van der Waals surface area (Å²) < 4.78 is 0. The third-order valence-corrected chi connectivity index (χ3v) is 3.31. The number of fused-ring (bicyclic) bond motifs is 1. The molecule has 0 atom stereocenters. The maximum Gasteiger partial charge on any atom is 0.196 e. The quantitative estimate of drug-likeness (QED) is 0.569. The molecule has 1 aromatic heterocycles. The first-order valence-corrected chi connectivity index (χ1v) is 6.41. The molecule has 0 saturated heterocycles. The molecule has 2 aromatic carbocycles. The molecule has 3 rings (SSSR count). The van der Waals surface area contributed by atoms with E-state index in [0.717, 1.165) is 16.5 Å². The van der Waals surface area contributed by atoms with Gasteiger partial charge in [-0.15, -0.1) is 0 Å². The van der Waals surface area contributed by atoms with Crippen LogP contribution in [0.25, 0.3) is 10.9 Å². The zero-order chi connectivity index (χ0) is 14.1. The summed E-state index contributed by atoms with van der Waals surface area (Å²) in [6, 6.07) is 15.0. The molecule has 98 valence electrons. The summed E-state index contributed by atoms with van der Waals surface area (Å²) in [6.45, 7) is 1.94. The predicted molar refractivity (Wildman–Crippen MR) is 80.8 cm³/mol. The van der Waals surface area contributed by atoms with Crippen LogP contribution < -0.4 is 5.73 Å². The van der Waals surface area contributed by atoms with Crippen molar-refractivity contribution in [3.63, 3.8) is 0 Å². The molecule has 0 aliphatic rings. The van der Waals surface area contributed by atoms with E-state index in [1.54, 1.807) is 12.3 Å². The molecule has 20 heavy (non-hydrogen) atoms. The van der Waals surface area contributed by atoms with Crippen molar-refractivity contribution in [2.45, 2.75) is 6.92 Å². The number of pyridine rings is 1. The highest BCUT2D eigenvalue weighted by molar-refractivity contribution is 6.13. The molecular formula is C17H14N2O. The molecule has 0 bridgehead atoms. The number of anilines is 1. The molecule has 0 radical (unpaired) electrons. The van der Waals surface area contributed by atoms with Gasteiger partial charge in [0.1, 0.15) is 0 Å². The third-order valence-electron chi connectivity index (χ3n) is 3.31. The van der Waals surface area contributed by atoms with Crippen LogP contribution >= 0.6 is 0 Å². The maximum absolute atomic E-state index is 12.5. The highest BCUT2D eigenvalue weighted by Gasteiger charge is 2.13. The Morgan fingerprint density at radius 1 is 1.10 bits per heavy atom. The molecule has 0 amide bonds. The third kappa shape index (κ3) is 2.14. The largest absolute Gasteiger partial charge is 0.398 e. The Morgan fingerprint density at radius 3 is 2.75 bits per heavy atom. The summed E-state index contributed by atoms with van der Waals surface area (Å²) in [5.41, 5.74) is 9.37. The fourth-order valence-electron chi connectivity index (χ4n) is 2.22. The van der Waals surface area contributed by atoms with Crippen LogP contribution in [-0.2, 0) is 0 Å². The lowest BCUT2D eigenvalue weighted by atomic mass is 10.00. The van der Waals surface area contributed by atoms with Gasteiger partial charge in [0, 0.05) is 28.4 Å². The van der Waals surface area contributed by atoms with Crippen molar-refractivity contribution in [3.05, 3.63) is 71.4 Å². The number of carbonyl (C=O) groups excluding carboxylic acids is 1. The van der Waals surface area contributed by atoms with E-state index >= 15 is 0 Å². The normalized spacial score (nSPS) is 10.7. The number of nitrogens with two attached hydrogens (primary N) is 1. The summed E-state index contributed by atoms with van der Waals surface area (Å²) in [5, 5.41) is 0.949. The van der Waals surface area contributed by atoms with Gasteiger partial charge >= 0.3 is 0 Å². The zero-order valence-corrected chi connectivity index (χ0v) is 11.1. The zero-order valence-electron chi connectivity index (χ0n) is 11.1. The van der Waals surface area contributed by atoms with Crippen LogP contribution in [-0.4, -0.2) is 10.8 Å². The Kier molecular flexibility index (Phi) is 2.95. The summed E-state index contributed by atoms with van der Waals surface area (Å²) in [4.78, 5) is 16.9. The fraction of sp³-hybridized carbons (Fsp3) is 0.0588. The van der Waals surface area contributed by atoms with Gasteiger partial charge in [0.15, 0.2) is 5.78 Å². The van der Waals surface area contributed by atoms with Gasteiger partial charge < -0.3 is 5.73 Å². The highest BCUT2D eigenvalue weighted by atomic mass is 16.1. The van der Waals surface area contributed by atoms with Crippen molar-refractivity contribution < 1.29 is 4.79 Å². The molecule has 3 heteroatoms. The predicted octanol–water partition coefficient (Wildman–Crippen LogP) is 3.36. The van der Waals surface area contributed by atoms with Gasteiger partial charge in [-0.05, 0) is 31.2 Å². The SMILES string of the molecule is Cc1ccc(N)c(C(=O)c2cnc3ccccc3c2)c1. The van der Waals surface area contributed by atoms with E-state index in [2.05, 4.69) is 4.98 Å². The van der Waals surface area contributed by atoms with Crippen LogP contribution in [0.2, 0.25) is 0 Å². The second-order valence-electron chi connectivity index (χ2n) is 4.84. The lowest BCUT2D eigenvalue weighted by molar-refractivity contribution is 0.103. The Morgan fingerprint density at radius 2 is 1.90 bits per heavy atom. The Bertz CT molecular complexity index is 809. The first-order valence-electron chi connectivity index (χ1n) is 6.41. The Balaban J connectivity index is 2.10. The number of aromatic nitrogens is 1. The topological polar surface area (TPSA) is 56.0 Å². The van der Waals surface area contributed by atoms with Crippen LogP contribution in [0.5, 0.6) is 0 Å². The maximum atomic E-state index is 12.5. The van der Waals surface area contributed by atoms with E-state index in [0.29, 0.717) is 16.8 Å². The number of hydrogen-bond acceptors (Lipinski definition) is 3. The van der Waals surface area contributed by atoms with Crippen molar-refractivity contribution in [2.24, 2.45) is 0 Å². The smallest absolute Gasteiger partial charge is 0.196 e. The summed E-state index contributed by atoms with van der Waals surface area (Å²) >= 11 is 0. The average Bonchev–Trinajstić information content (AvgIpc) is 2.48. The number of hydrogen-bond donors (Lipinski definition) is 1. The molecule has 3 nitrogen and oxygen atoms in total. The molecule has 0 fully saturated rings. The van der Waals surface area contributed by atoms with Crippen molar-refractivity contribution in [3.8, 4) is 0 Å². The Labute approximate surface area is 117 Å². The van der Waals surface area contributed by atoms with Crippen LogP contribution in [0.3, 0.4) is 0 Å². The number of rotatable bonds is 2. The molecule has 0 spiro atoms. The Hall–Kier alpha value is -2.68. The van der Waals surface area contributed by atoms with Gasteiger partial charge in [-0.3, -0.25) is 9.78 Å². The number of carbonyl (C=O) groups is 1. The number of benzene rings is 2. The van der Waals surface area contributed by atoms with Crippen molar-refractivity contribution >= 4 is 22.4 Å². The molecule has 0 saturated carbocycles. The van der Waals surface area contributed by atoms with Crippen LogP contribution in [0.15, 0.2) is 54.7 Å². The van der Waals surface area contributed by atoms with E-state index in [1.165, 1.54) is 0 Å². The summed E-state index contributed by atoms with van der Waals surface area (Å²) in [5.74, 6) is -0.0931. The summed E-state index contributed by atoms with van der Waals surface area (Å²) in [7, 11) is 0. The van der Waals surface area contributed by atoms with Crippen molar-refractivity contribution in [1.29, 1.82) is 0 Å². The number of ketones is 1. The molecule has 0 aliphatic carbocycles. The van der Waals surface area contributed by atoms with E-state index in [-0.39, 0.29) is 5.78 Å². The van der Waals surface area contributed by atoms with Gasteiger partial charge in [0.2, 0.25) is 0 Å². The number of aryl methyl sites for hydroxylation is 1. The minimum Gasteiger partial charge on any atom is -0.398 e. The number of nitrogens with zero attached hydrogens (tertiary/aromatic N) is 1. The van der Waals surface area contributed by atoms with Gasteiger partial charge in [-0.25, -0.2) is 0 Å². The lowest BCUT2D eigenvalue weighted by Crippen LogP contribution is -2.06. The molecule has 3 aromatic rings. The van der Waals surface area contributed by atoms with E-state index in [1.807, 2.05) is 49.4 Å². The number of nitrogen functional groups attached to an aromatic ring is 1. The molecular weight excluding hydrogens is 248 g/mol. The number of para-hydroxylation sites is 1. The second-order valence-corrected chi connectivity index (χ2v) is 4.84. The van der Waals surface area contributed by atoms with Crippen molar-refractivity contribution in [1.82, 2.24) is 4.98 Å². The molecule has 0 unspecified atom stereocenters. The monoisotopic (exact) mass is 262 g/mol. The van der Waals surface area contributed by atoms with Gasteiger partial charge in [0.25, 0.3) is 0 Å². The minimum atomic E-state index is -0.0931.